The highest BCUT2D eigenvalue weighted by Gasteiger charge is 2.28. The highest BCUT2D eigenvalue weighted by atomic mass is 32.2. The molecule has 0 saturated carbocycles. The summed E-state index contributed by atoms with van der Waals surface area (Å²) in [5.74, 6) is -0.500. The van der Waals surface area contributed by atoms with Crippen molar-refractivity contribution in [1.29, 1.82) is 0 Å². The molecule has 1 saturated heterocycles. The zero-order chi connectivity index (χ0) is 21.1. The summed E-state index contributed by atoms with van der Waals surface area (Å²) in [6, 6.07) is 16.9. The van der Waals surface area contributed by atoms with Crippen molar-refractivity contribution in [2.24, 2.45) is 0 Å². The number of amides is 2. The van der Waals surface area contributed by atoms with E-state index in [1.54, 1.807) is 60.7 Å². The maximum Gasteiger partial charge on any atom is 0.265 e. The van der Waals surface area contributed by atoms with Crippen LogP contribution in [0.2, 0.25) is 0 Å². The van der Waals surface area contributed by atoms with Crippen molar-refractivity contribution in [3.05, 3.63) is 76.5 Å². The molecule has 3 aromatic rings. The monoisotopic (exact) mass is 441 g/mol. The number of nitrogens with one attached hydrogen (secondary N) is 2. The van der Waals surface area contributed by atoms with E-state index in [4.69, 9.17) is 0 Å². The minimum absolute atomic E-state index is 0.152. The van der Waals surface area contributed by atoms with Crippen LogP contribution >= 0.6 is 11.3 Å². The minimum atomic E-state index is -3.25. The first-order chi connectivity index (χ1) is 14.4. The SMILES string of the molecule is O=C(Nc1ccccc1C(=O)Nc1ccc(N2CCCS2(=O)=O)cc1)c1cccs1. The molecule has 7 nitrogen and oxygen atoms in total. The van der Waals surface area contributed by atoms with Gasteiger partial charge in [0.15, 0.2) is 0 Å². The molecule has 2 N–H and O–H groups in total. The zero-order valence-corrected chi connectivity index (χ0v) is 17.5. The Morgan fingerprint density at radius 2 is 1.67 bits per heavy atom. The second-order valence-corrected chi connectivity index (χ2v) is 9.68. The van der Waals surface area contributed by atoms with Gasteiger partial charge in [0.05, 0.1) is 27.6 Å². The summed E-state index contributed by atoms with van der Waals surface area (Å²) in [7, 11) is -3.25. The van der Waals surface area contributed by atoms with Crippen molar-refractivity contribution in [3.8, 4) is 0 Å². The first-order valence-corrected chi connectivity index (χ1v) is 11.8. The standard InChI is InChI=1S/C21H19N3O4S2/c25-20(17-5-1-2-6-18(17)23-21(26)19-7-3-13-29-19)22-15-8-10-16(11-9-15)24-12-4-14-30(24,27)28/h1-3,5-11,13H,4,12,14H2,(H,22,25)(H,23,26). The van der Waals surface area contributed by atoms with Gasteiger partial charge in [-0.3, -0.25) is 13.9 Å². The number of carbonyl (C=O) groups is 2. The molecule has 0 atom stereocenters. The molecule has 154 valence electrons. The van der Waals surface area contributed by atoms with E-state index >= 15 is 0 Å². The second kappa shape index (κ2) is 8.29. The van der Waals surface area contributed by atoms with E-state index in [-0.39, 0.29) is 17.6 Å². The number of carbonyl (C=O) groups excluding carboxylic acids is 2. The van der Waals surface area contributed by atoms with Crippen LogP contribution in [-0.2, 0) is 10.0 Å². The van der Waals surface area contributed by atoms with Gasteiger partial charge in [0.1, 0.15) is 0 Å². The van der Waals surface area contributed by atoms with Gasteiger partial charge in [0, 0.05) is 12.2 Å². The van der Waals surface area contributed by atoms with Crippen LogP contribution in [0.4, 0.5) is 17.1 Å². The molecule has 1 fully saturated rings. The molecular weight excluding hydrogens is 422 g/mol. The van der Waals surface area contributed by atoms with Crippen molar-refractivity contribution in [2.45, 2.75) is 6.42 Å². The quantitative estimate of drug-likeness (QED) is 0.630. The molecule has 9 heteroatoms. The second-order valence-electron chi connectivity index (χ2n) is 6.72. The number of sulfonamides is 1. The van der Waals surface area contributed by atoms with Gasteiger partial charge in [-0.15, -0.1) is 11.3 Å². The Hall–Kier alpha value is -3.17. The maximum atomic E-state index is 12.8. The van der Waals surface area contributed by atoms with E-state index in [0.29, 0.717) is 40.5 Å². The fraction of sp³-hybridized carbons (Fsp3) is 0.143. The molecule has 0 spiro atoms. The number of benzene rings is 2. The zero-order valence-electron chi connectivity index (χ0n) is 15.9. The van der Waals surface area contributed by atoms with Crippen molar-refractivity contribution < 1.29 is 18.0 Å². The lowest BCUT2D eigenvalue weighted by Gasteiger charge is -2.17. The van der Waals surface area contributed by atoms with Gasteiger partial charge in [0.2, 0.25) is 10.0 Å². The predicted octanol–water partition coefficient (Wildman–Crippen LogP) is 3.79. The first-order valence-electron chi connectivity index (χ1n) is 9.30. The first kappa shape index (κ1) is 20.1. The molecule has 2 aromatic carbocycles. The van der Waals surface area contributed by atoms with Crippen LogP contribution < -0.4 is 14.9 Å². The van der Waals surface area contributed by atoms with E-state index in [9.17, 15) is 18.0 Å². The van der Waals surface area contributed by atoms with Gasteiger partial charge in [-0.2, -0.15) is 0 Å². The molecule has 30 heavy (non-hydrogen) atoms. The predicted molar refractivity (Wildman–Crippen MR) is 119 cm³/mol. The number of hydrogen-bond acceptors (Lipinski definition) is 5. The Balaban J connectivity index is 1.48. The Bertz CT molecular complexity index is 1170. The number of thiophene rings is 1. The lowest BCUT2D eigenvalue weighted by Crippen LogP contribution is -2.25. The molecule has 0 aliphatic carbocycles. The Morgan fingerprint density at radius 1 is 0.900 bits per heavy atom. The van der Waals surface area contributed by atoms with E-state index < -0.39 is 10.0 Å². The highest BCUT2D eigenvalue weighted by Crippen LogP contribution is 2.26. The summed E-state index contributed by atoms with van der Waals surface area (Å²) in [5, 5.41) is 7.37. The number of nitrogens with zero attached hydrogens (tertiary/aromatic N) is 1. The molecular formula is C21H19N3O4S2. The summed E-state index contributed by atoms with van der Waals surface area (Å²) in [6.45, 7) is 0.464. The minimum Gasteiger partial charge on any atom is -0.322 e. The van der Waals surface area contributed by atoms with Gasteiger partial charge in [-0.1, -0.05) is 18.2 Å². The molecule has 1 aliphatic rings. The van der Waals surface area contributed by atoms with Crippen LogP contribution in [0.15, 0.2) is 66.0 Å². The molecule has 0 unspecified atom stereocenters. The van der Waals surface area contributed by atoms with Crippen LogP contribution in [-0.4, -0.2) is 32.5 Å². The molecule has 2 amide bonds. The van der Waals surface area contributed by atoms with E-state index in [1.165, 1.54) is 15.6 Å². The Kier molecular flexibility index (Phi) is 5.56. The van der Waals surface area contributed by atoms with Crippen LogP contribution in [0.1, 0.15) is 26.5 Å². The summed E-state index contributed by atoms with van der Waals surface area (Å²) >= 11 is 1.32. The Morgan fingerprint density at radius 3 is 2.33 bits per heavy atom. The molecule has 0 radical (unpaired) electrons. The Labute approximate surface area is 178 Å². The maximum absolute atomic E-state index is 12.8. The number of para-hydroxylation sites is 1. The summed E-state index contributed by atoms with van der Waals surface area (Å²) in [6.07, 6.45) is 0.606. The fourth-order valence-corrected chi connectivity index (χ4v) is 5.40. The van der Waals surface area contributed by atoms with Crippen LogP contribution in [0, 0.1) is 0 Å². The van der Waals surface area contributed by atoms with Gasteiger partial charge in [0.25, 0.3) is 11.8 Å². The van der Waals surface area contributed by atoms with E-state index in [0.717, 1.165) is 0 Å². The third-order valence-corrected chi connectivity index (χ3v) is 7.42. The molecule has 1 aliphatic heterocycles. The van der Waals surface area contributed by atoms with Gasteiger partial charge in [-0.05, 0) is 54.3 Å². The van der Waals surface area contributed by atoms with E-state index in [2.05, 4.69) is 10.6 Å². The lowest BCUT2D eigenvalue weighted by molar-refractivity contribution is 0.102. The van der Waals surface area contributed by atoms with Crippen LogP contribution in [0.25, 0.3) is 0 Å². The van der Waals surface area contributed by atoms with Crippen molar-refractivity contribution in [1.82, 2.24) is 0 Å². The van der Waals surface area contributed by atoms with Gasteiger partial charge in [-0.25, -0.2) is 8.42 Å². The summed E-state index contributed by atoms with van der Waals surface area (Å²) in [4.78, 5) is 25.7. The third kappa shape index (κ3) is 4.22. The smallest absolute Gasteiger partial charge is 0.265 e. The average Bonchev–Trinajstić information content (AvgIpc) is 3.38. The molecule has 2 heterocycles. The van der Waals surface area contributed by atoms with Gasteiger partial charge >= 0.3 is 0 Å². The normalized spacial score (nSPS) is 15.0. The highest BCUT2D eigenvalue weighted by molar-refractivity contribution is 7.93. The summed E-state index contributed by atoms with van der Waals surface area (Å²) < 4.78 is 25.5. The number of hydrogen-bond donors (Lipinski definition) is 2. The van der Waals surface area contributed by atoms with Crippen molar-refractivity contribution in [3.63, 3.8) is 0 Å². The largest absolute Gasteiger partial charge is 0.322 e. The summed E-state index contributed by atoms with van der Waals surface area (Å²) in [5.41, 5.74) is 1.84. The molecule has 1 aromatic heterocycles. The molecule has 4 rings (SSSR count). The van der Waals surface area contributed by atoms with E-state index in [1.807, 2.05) is 5.38 Å². The topological polar surface area (TPSA) is 95.6 Å². The fourth-order valence-electron chi connectivity index (χ4n) is 3.22. The average molecular weight is 442 g/mol. The van der Waals surface area contributed by atoms with Gasteiger partial charge < -0.3 is 10.6 Å². The molecule has 0 bridgehead atoms. The van der Waals surface area contributed by atoms with Crippen LogP contribution in [0.3, 0.4) is 0 Å². The number of anilines is 3. The van der Waals surface area contributed by atoms with Crippen LogP contribution in [0.5, 0.6) is 0 Å². The lowest BCUT2D eigenvalue weighted by atomic mass is 10.1. The number of rotatable bonds is 5. The van der Waals surface area contributed by atoms with Crippen molar-refractivity contribution >= 4 is 50.2 Å². The van der Waals surface area contributed by atoms with Crippen molar-refractivity contribution in [2.75, 3.05) is 27.2 Å². The third-order valence-electron chi connectivity index (χ3n) is 4.68.